The van der Waals surface area contributed by atoms with Crippen LogP contribution in [0.25, 0.3) is 0 Å². The lowest BCUT2D eigenvalue weighted by atomic mass is 9.84. The van der Waals surface area contributed by atoms with E-state index in [0.29, 0.717) is 51.5 Å². The summed E-state index contributed by atoms with van der Waals surface area (Å²) in [6.07, 6.45) is 3.84. The lowest BCUT2D eigenvalue weighted by molar-refractivity contribution is -0.223. The second-order valence-electron chi connectivity index (χ2n) is 16.6. The Labute approximate surface area is 522 Å². The molecule has 0 spiro atoms. The van der Waals surface area contributed by atoms with E-state index in [0.717, 1.165) is 61.0 Å². The number of hydrogen-bond acceptors (Lipinski definition) is 21. The van der Waals surface area contributed by atoms with Crippen molar-refractivity contribution in [2.24, 2.45) is 0 Å². The number of carbonyl (C=O) groups is 4. The molecule has 0 fully saturated rings. The van der Waals surface area contributed by atoms with E-state index in [4.69, 9.17) is 67.0 Å². The number of carboxylic acids is 1. The summed E-state index contributed by atoms with van der Waals surface area (Å²) < 4.78 is 71.7. The summed E-state index contributed by atoms with van der Waals surface area (Å²) in [5, 5.41) is 47.9. The highest BCUT2D eigenvalue weighted by Gasteiger charge is 2.34. The predicted octanol–water partition coefficient (Wildman–Crippen LogP) is 11.6. The molecule has 0 aliphatic carbocycles. The van der Waals surface area contributed by atoms with Crippen LogP contribution < -0.4 is 14.4 Å². The average Bonchev–Trinajstić information content (AvgIpc) is 1.34. The number of benzene rings is 3. The van der Waals surface area contributed by atoms with Crippen molar-refractivity contribution < 1.29 is 102 Å². The number of aliphatic hydroxyl groups is 4. The fourth-order valence-corrected chi connectivity index (χ4v) is 8.06. The molecule has 0 aliphatic rings. The number of carbonyl (C=O) groups excluding carboxylic acids is 3. The highest BCUT2D eigenvalue weighted by Crippen LogP contribution is 2.46. The predicted molar refractivity (Wildman–Crippen MR) is 337 cm³/mol. The molecule has 3 aromatic carbocycles. The molecule has 3 rings (SSSR count). The van der Waals surface area contributed by atoms with Gasteiger partial charge in [0.2, 0.25) is 0 Å². The number of rotatable bonds is 30. The maximum Gasteiger partial charge on any atom is 0.306 e. The first kappa shape index (κ1) is 94.8. The maximum absolute atomic E-state index is 10.8. The number of halogens is 2. The topological polar surface area (TPSA) is 320 Å². The van der Waals surface area contributed by atoms with Gasteiger partial charge in [0.25, 0.3) is 16.3 Å². The Morgan fingerprint density at radius 2 is 1.03 bits per heavy atom. The van der Waals surface area contributed by atoms with Gasteiger partial charge in [0.05, 0.1) is 121 Å². The van der Waals surface area contributed by atoms with Gasteiger partial charge in [-0.2, -0.15) is 5.26 Å². The summed E-state index contributed by atoms with van der Waals surface area (Å²) >= 11 is 7.22. The first-order chi connectivity index (χ1) is 39.9. The minimum absolute atomic E-state index is 0. The van der Waals surface area contributed by atoms with E-state index < -0.39 is 40.3 Å². The van der Waals surface area contributed by atoms with Crippen molar-refractivity contribution in [2.75, 3.05) is 95.1 Å². The van der Waals surface area contributed by atoms with Crippen LogP contribution in [0.2, 0.25) is 0 Å². The third kappa shape index (κ3) is 52.3. The van der Waals surface area contributed by atoms with Gasteiger partial charge in [-0.25, -0.2) is 4.67 Å². The van der Waals surface area contributed by atoms with E-state index in [1.54, 1.807) is 14.2 Å². The maximum atomic E-state index is 10.8. The molecule has 0 bridgehead atoms. The second kappa shape index (κ2) is 66.1. The Morgan fingerprint density at radius 3 is 1.35 bits per heavy atom. The third-order valence-electron chi connectivity index (χ3n) is 9.34. The molecule has 0 saturated carbocycles. The average molecular weight is 1290 g/mol. The molecule has 0 aromatic heterocycles. The number of methoxy groups -OCH3 is 3. The molecule has 0 radical (unpaired) electrons. The number of nitrogens with zero attached hydrogens (tertiary/aromatic N) is 2. The Hall–Kier alpha value is -4.89. The zero-order valence-electron chi connectivity index (χ0n) is 51.5. The molecule has 0 aliphatic heterocycles. The number of phosphoric acid groups is 1. The molecule has 22 nitrogen and oxygen atoms in total. The van der Waals surface area contributed by atoms with Crippen molar-refractivity contribution in [1.29, 1.82) is 5.26 Å². The monoisotopic (exact) mass is 1290 g/mol. The molecule has 0 heterocycles. The SMILES string of the molecule is C.C.C.CCCO.CCCOC(=O)CCC(=O)O.CCCOC(=O)CCC(=O)OC.CCCOP(OCCC#N)N(C(C)C)C(C)C.COP(=O)([O-])OCCO.COc1ccc(C(Cl)(c2ccccc2)c2ccc(OC)cc2)cc1.OCCO.[2H]CF. The van der Waals surface area contributed by atoms with Crippen LogP contribution in [0.5, 0.6) is 11.5 Å². The van der Waals surface area contributed by atoms with Crippen LogP contribution in [-0.4, -0.2) is 161 Å². The first-order valence-electron chi connectivity index (χ1n) is 27.3. The van der Waals surface area contributed by atoms with Gasteiger partial charge in [-0.15, -0.1) is 11.6 Å². The highest BCUT2D eigenvalue weighted by molar-refractivity contribution is 7.45. The van der Waals surface area contributed by atoms with Crippen LogP contribution in [0, 0.1) is 11.3 Å². The normalized spacial score (nSPS) is 10.9. The van der Waals surface area contributed by atoms with E-state index >= 15 is 0 Å². The standard InChI is InChI=1S/C21H19ClO2.C12H25N2O2P.C8H14O4.C7H12O4.C3H9O5P.C3H8O.C2H6O2.CH3F.3CH4/c1-23-19-12-8-17(9-13-19)21(22,16-6-4-3-5-7-16)18-10-14-20(24-2)15-11-18;1-6-9-15-17(16-10-7-8-13)14(11(2)3)12(4)5;1-3-6-12-8(10)5-4-7(9)11-2;1-2-5-11-7(10)4-3-6(8)9;1-7-9(5,6)8-3-2-4;1-2-3-4;3-1-2-4;1-2;;;/h3-15H,1-2H3;11-12H,6-7,9-10H2,1-5H3;3-6H2,1-2H3;2-5H2,1H3,(H,8,9);4H,2-3H2,1H3,(H,5,6);4H,2-3H2,1H3;3-4H,1-2H2;1H3;3*1H4/p-1/i;;;;;;;1D;;;. The van der Waals surface area contributed by atoms with Crippen LogP contribution in [0.3, 0.4) is 0 Å². The van der Waals surface area contributed by atoms with Crippen LogP contribution >= 0.6 is 27.9 Å². The van der Waals surface area contributed by atoms with Gasteiger partial charge in [-0.05, 0) is 94.3 Å². The first-order valence-corrected chi connectivity index (χ1v) is 29.6. The molecule has 2 unspecified atom stereocenters. The van der Waals surface area contributed by atoms with Crippen LogP contribution in [-0.2, 0) is 60.9 Å². The summed E-state index contributed by atoms with van der Waals surface area (Å²) in [7, 11) is -0.543. The fraction of sp³-hybridized carbons (Fsp3) is 0.617. The van der Waals surface area contributed by atoms with E-state index in [1.165, 1.54) is 7.11 Å². The lowest BCUT2D eigenvalue weighted by Crippen LogP contribution is -2.33. The third-order valence-corrected chi connectivity index (χ3v) is 13.0. The van der Waals surface area contributed by atoms with Crippen molar-refractivity contribution in [3.05, 3.63) is 95.6 Å². The van der Waals surface area contributed by atoms with E-state index in [-0.39, 0.29) is 86.3 Å². The number of esters is 3. The van der Waals surface area contributed by atoms with Gasteiger partial charge < -0.3 is 72.2 Å². The smallest absolute Gasteiger partial charge is 0.306 e. The van der Waals surface area contributed by atoms with Crippen molar-refractivity contribution in [3.8, 4) is 17.6 Å². The number of phosphoric ester groups is 1. The number of aliphatic hydroxyl groups excluding tert-OH is 4. The van der Waals surface area contributed by atoms with Crippen molar-refractivity contribution >= 4 is 51.8 Å². The largest absolute Gasteiger partial charge is 0.756 e. The minimum Gasteiger partial charge on any atom is -0.756 e. The molecule has 502 valence electrons. The number of aliphatic carboxylic acids is 1. The lowest BCUT2D eigenvalue weighted by Gasteiger charge is -2.35. The summed E-state index contributed by atoms with van der Waals surface area (Å²) in [4.78, 5) is 51.4. The van der Waals surface area contributed by atoms with E-state index in [9.17, 15) is 33.0 Å². The van der Waals surface area contributed by atoms with Gasteiger partial charge in [0.1, 0.15) is 16.4 Å². The molecular weight excluding hydrogens is 1190 g/mol. The van der Waals surface area contributed by atoms with E-state index in [1.807, 2.05) is 99.6 Å². The fourth-order valence-electron chi connectivity index (χ4n) is 5.59. The molecule has 0 saturated heterocycles. The molecule has 3 aromatic rings. The molecule has 86 heavy (non-hydrogen) atoms. The van der Waals surface area contributed by atoms with Crippen LogP contribution in [0.1, 0.15) is 154 Å². The number of alkyl halides is 2. The van der Waals surface area contributed by atoms with Crippen molar-refractivity contribution in [1.82, 2.24) is 4.67 Å². The molecule has 26 heteroatoms. The Kier molecular flexibility index (Phi) is 72.8. The van der Waals surface area contributed by atoms with Gasteiger partial charge in [-0.1, -0.05) is 105 Å². The summed E-state index contributed by atoms with van der Waals surface area (Å²) in [6.45, 7) is 17.8. The van der Waals surface area contributed by atoms with Crippen LogP contribution in [0.15, 0.2) is 78.9 Å². The van der Waals surface area contributed by atoms with Crippen molar-refractivity contribution in [2.45, 2.75) is 152 Å². The van der Waals surface area contributed by atoms with Crippen LogP contribution in [0.4, 0.5) is 4.39 Å². The van der Waals surface area contributed by atoms with Gasteiger partial charge in [0.15, 0.2) is 0 Å². The summed E-state index contributed by atoms with van der Waals surface area (Å²) in [5.74, 6) is -0.528. The number of nitriles is 1. The highest BCUT2D eigenvalue weighted by atomic mass is 35.5. The second-order valence-corrected chi connectivity index (χ2v) is 20.2. The number of hydrogen-bond donors (Lipinski definition) is 5. The van der Waals surface area contributed by atoms with E-state index in [2.05, 4.69) is 63.9 Å². The van der Waals surface area contributed by atoms with Gasteiger partial charge in [-0.3, -0.25) is 28.1 Å². The number of carboxylic acid groups (broad SMARTS) is 1. The Morgan fingerprint density at radius 1 is 0.651 bits per heavy atom. The quantitative estimate of drug-likeness (QED) is 0.0103. The minimum atomic E-state index is -4.10. The Bertz CT molecular complexity index is 2060. The van der Waals surface area contributed by atoms with Gasteiger partial charge >= 0.3 is 23.9 Å². The van der Waals surface area contributed by atoms with Gasteiger partial charge in [0, 0.05) is 25.8 Å². The molecule has 0 amide bonds. The Balaban J connectivity index is -0.000000147. The summed E-state index contributed by atoms with van der Waals surface area (Å²) in [5.41, 5.74) is 2.99. The zero-order chi connectivity index (χ0) is 65.2. The summed E-state index contributed by atoms with van der Waals surface area (Å²) in [6, 6.07) is 28.6. The molecule has 2 atom stereocenters. The number of ether oxygens (including phenoxy) is 5. The van der Waals surface area contributed by atoms with Crippen molar-refractivity contribution in [3.63, 3.8) is 0 Å². The molecular formula is C60H107ClFN2O20P2-. The molecule has 5 N–H and O–H groups in total. The zero-order valence-corrected chi connectivity index (χ0v) is 53.0.